The van der Waals surface area contributed by atoms with Gasteiger partial charge in [-0.3, -0.25) is 0 Å². The number of H-pyrrole nitrogens is 1. The molecule has 2 unspecified atom stereocenters. The van der Waals surface area contributed by atoms with Crippen molar-refractivity contribution < 1.29 is 8.95 Å². The van der Waals surface area contributed by atoms with E-state index in [0.29, 0.717) is 35.6 Å². The predicted molar refractivity (Wildman–Crippen MR) is 123 cm³/mol. The largest absolute Gasteiger partial charge is 0.377 e. The second-order valence-electron chi connectivity index (χ2n) is 8.03. The van der Waals surface area contributed by atoms with E-state index in [9.17, 15) is 4.21 Å². The number of rotatable bonds is 3. The highest BCUT2D eigenvalue weighted by Gasteiger charge is 2.33. The van der Waals surface area contributed by atoms with Crippen molar-refractivity contribution in [1.82, 2.24) is 19.9 Å². The molecular formula is C21H25ClN6O2S. The Balaban J connectivity index is 1.72. The van der Waals surface area contributed by atoms with Gasteiger partial charge in [-0.05, 0) is 31.9 Å². The van der Waals surface area contributed by atoms with Crippen molar-refractivity contribution in [3.05, 3.63) is 35.2 Å². The van der Waals surface area contributed by atoms with Crippen LogP contribution in [0.4, 0.5) is 5.82 Å². The first-order chi connectivity index (χ1) is 15.0. The molecule has 3 atom stereocenters. The van der Waals surface area contributed by atoms with Crippen molar-refractivity contribution in [1.29, 1.82) is 0 Å². The summed E-state index contributed by atoms with van der Waals surface area (Å²) in [7, 11) is -0.686. The molecule has 0 amide bonds. The van der Waals surface area contributed by atoms with E-state index in [1.165, 1.54) is 0 Å². The molecule has 2 saturated heterocycles. The molecule has 31 heavy (non-hydrogen) atoms. The Morgan fingerprint density at radius 2 is 2.19 bits per heavy atom. The number of fused-ring (bicyclic) bond motifs is 1. The van der Waals surface area contributed by atoms with Crippen LogP contribution in [-0.2, 0) is 14.5 Å². The Morgan fingerprint density at radius 1 is 1.32 bits per heavy atom. The Bertz CT molecular complexity index is 1250. The van der Waals surface area contributed by atoms with Gasteiger partial charge in [-0.1, -0.05) is 11.6 Å². The maximum Gasteiger partial charge on any atom is 0.162 e. The lowest BCUT2D eigenvalue weighted by Crippen LogP contribution is -2.44. The van der Waals surface area contributed by atoms with Gasteiger partial charge in [0.15, 0.2) is 5.82 Å². The van der Waals surface area contributed by atoms with E-state index in [1.807, 2.05) is 18.3 Å². The zero-order chi connectivity index (χ0) is 21.6. The molecule has 3 aromatic heterocycles. The average molecular weight is 461 g/mol. The van der Waals surface area contributed by atoms with Crippen LogP contribution in [0, 0.1) is 0 Å². The van der Waals surface area contributed by atoms with Crippen molar-refractivity contribution in [2.24, 2.45) is 4.36 Å². The number of hydrogen-bond acceptors (Lipinski definition) is 7. The van der Waals surface area contributed by atoms with Crippen molar-refractivity contribution >= 4 is 38.2 Å². The van der Waals surface area contributed by atoms with E-state index in [1.54, 1.807) is 13.1 Å². The maximum atomic E-state index is 13.4. The fourth-order valence-corrected chi connectivity index (χ4v) is 7.03. The summed E-state index contributed by atoms with van der Waals surface area (Å²) in [5.74, 6) is 1.99. The van der Waals surface area contributed by atoms with Crippen LogP contribution < -0.4 is 4.90 Å². The quantitative estimate of drug-likeness (QED) is 0.596. The number of aromatic amines is 1. The Kier molecular flexibility index (Phi) is 5.35. The van der Waals surface area contributed by atoms with E-state index in [4.69, 9.17) is 26.3 Å². The summed E-state index contributed by atoms with van der Waals surface area (Å²) in [6.07, 6.45) is 3.51. The van der Waals surface area contributed by atoms with Crippen LogP contribution in [0.5, 0.6) is 0 Å². The minimum atomic E-state index is -2.34. The summed E-state index contributed by atoms with van der Waals surface area (Å²) in [6.45, 7) is 4.15. The summed E-state index contributed by atoms with van der Waals surface area (Å²) in [5.41, 5.74) is 2.27. The highest BCUT2D eigenvalue weighted by molar-refractivity contribution is 7.94. The molecule has 2 aliphatic rings. The smallest absolute Gasteiger partial charge is 0.162 e. The van der Waals surface area contributed by atoms with Crippen LogP contribution in [0.1, 0.15) is 30.7 Å². The fraction of sp³-hybridized carbons (Fsp3) is 0.476. The van der Waals surface area contributed by atoms with Crippen LogP contribution in [0.25, 0.3) is 22.4 Å². The lowest BCUT2D eigenvalue weighted by Gasteiger charge is -2.34. The number of nitrogens with zero attached hydrogens (tertiary/aromatic N) is 5. The van der Waals surface area contributed by atoms with Crippen LogP contribution >= 0.6 is 11.6 Å². The van der Waals surface area contributed by atoms with Crippen LogP contribution in [0.15, 0.2) is 28.8 Å². The Labute approximate surface area is 186 Å². The highest BCUT2D eigenvalue weighted by Crippen LogP contribution is 2.38. The van der Waals surface area contributed by atoms with E-state index < -0.39 is 9.73 Å². The predicted octanol–water partition coefficient (Wildman–Crippen LogP) is 3.83. The first kappa shape index (κ1) is 20.7. The van der Waals surface area contributed by atoms with Gasteiger partial charge in [0.25, 0.3) is 0 Å². The molecule has 0 saturated carbocycles. The summed E-state index contributed by atoms with van der Waals surface area (Å²) in [4.78, 5) is 19.5. The standard InChI is InChI=1S/C21H25ClN6O2S/c1-13-12-30-8-7-28(13)19-11-16(17-4-3-9-31(17,29)23-2)25-21(27-19)15-10-18(22)26-20-14(15)5-6-24-20/h5-6,10-11,13,17H,3-4,7-9,12H2,1-2H3,(H,24,26)/t13-,17?,31?/m1/s1. The van der Waals surface area contributed by atoms with E-state index in [2.05, 4.69) is 26.2 Å². The monoisotopic (exact) mass is 460 g/mol. The van der Waals surface area contributed by atoms with Crippen molar-refractivity contribution in [3.63, 3.8) is 0 Å². The molecule has 0 spiro atoms. The summed E-state index contributed by atoms with van der Waals surface area (Å²) in [5, 5.41) is 1.07. The first-order valence-electron chi connectivity index (χ1n) is 10.5. The molecule has 0 bridgehead atoms. The molecule has 164 valence electrons. The Morgan fingerprint density at radius 3 is 3.00 bits per heavy atom. The van der Waals surface area contributed by atoms with Crippen LogP contribution in [0.3, 0.4) is 0 Å². The number of morpholine rings is 1. The molecule has 5 rings (SSSR count). The van der Waals surface area contributed by atoms with Gasteiger partial charge in [-0.2, -0.15) is 0 Å². The third-order valence-corrected chi connectivity index (χ3v) is 9.17. The normalized spacial score (nSPS) is 26.5. The van der Waals surface area contributed by atoms with Gasteiger partial charge < -0.3 is 14.6 Å². The van der Waals surface area contributed by atoms with Crippen LogP contribution in [-0.4, -0.2) is 62.7 Å². The molecule has 5 heterocycles. The fourth-order valence-electron chi connectivity index (χ4n) is 4.50. The van der Waals surface area contributed by atoms with Crippen molar-refractivity contribution in [2.45, 2.75) is 31.1 Å². The summed E-state index contributed by atoms with van der Waals surface area (Å²) >= 11 is 6.30. The molecule has 2 fully saturated rings. The molecule has 0 radical (unpaired) electrons. The molecule has 1 N–H and O–H groups in total. The van der Waals surface area contributed by atoms with Crippen LogP contribution in [0.2, 0.25) is 5.15 Å². The number of halogens is 1. The molecule has 8 nitrogen and oxygen atoms in total. The number of pyridine rings is 1. The zero-order valence-electron chi connectivity index (χ0n) is 17.5. The molecule has 10 heteroatoms. The minimum absolute atomic E-state index is 0.182. The van der Waals surface area contributed by atoms with E-state index in [-0.39, 0.29) is 11.3 Å². The van der Waals surface area contributed by atoms with Gasteiger partial charge in [-0.25, -0.2) is 23.5 Å². The topological polar surface area (TPSA) is 96.4 Å². The molecule has 0 aliphatic carbocycles. The van der Waals surface area contributed by atoms with Gasteiger partial charge in [0.2, 0.25) is 0 Å². The lowest BCUT2D eigenvalue weighted by molar-refractivity contribution is 0.0985. The average Bonchev–Trinajstić information content (AvgIpc) is 3.40. The second kappa shape index (κ2) is 8.03. The van der Waals surface area contributed by atoms with Gasteiger partial charge in [-0.15, -0.1) is 0 Å². The Hall–Kier alpha value is -2.23. The maximum absolute atomic E-state index is 13.4. The number of nitrogens with one attached hydrogen (secondary N) is 1. The van der Waals surface area contributed by atoms with Gasteiger partial charge in [0, 0.05) is 42.6 Å². The number of aromatic nitrogens is 4. The van der Waals surface area contributed by atoms with Gasteiger partial charge in [0.05, 0.1) is 39.9 Å². The highest BCUT2D eigenvalue weighted by atomic mass is 35.5. The second-order valence-corrected chi connectivity index (χ2v) is 11.1. The zero-order valence-corrected chi connectivity index (χ0v) is 19.1. The molecule has 2 aliphatic heterocycles. The number of anilines is 1. The third kappa shape index (κ3) is 3.68. The molecule has 3 aromatic rings. The number of hydrogen-bond donors (Lipinski definition) is 1. The van der Waals surface area contributed by atoms with Crippen molar-refractivity contribution in [2.75, 3.05) is 37.5 Å². The van der Waals surface area contributed by atoms with Gasteiger partial charge in [0.1, 0.15) is 16.6 Å². The SMILES string of the molecule is CN=S1(=O)CCCC1c1cc(N2CCOC[C@H]2C)nc(-c2cc(Cl)nc3[nH]ccc23)n1. The number of ether oxygens (including phenoxy) is 1. The third-order valence-electron chi connectivity index (χ3n) is 6.12. The first-order valence-corrected chi connectivity index (χ1v) is 12.6. The molecular weight excluding hydrogens is 436 g/mol. The molecule has 0 aromatic carbocycles. The van der Waals surface area contributed by atoms with Crippen molar-refractivity contribution in [3.8, 4) is 11.4 Å². The van der Waals surface area contributed by atoms with Gasteiger partial charge >= 0.3 is 0 Å². The summed E-state index contributed by atoms with van der Waals surface area (Å²) < 4.78 is 23.3. The van der Waals surface area contributed by atoms with E-state index in [0.717, 1.165) is 41.8 Å². The summed E-state index contributed by atoms with van der Waals surface area (Å²) in [6, 6.07) is 5.91. The lowest BCUT2D eigenvalue weighted by atomic mass is 10.1. The minimum Gasteiger partial charge on any atom is -0.377 e. The van der Waals surface area contributed by atoms with E-state index >= 15 is 0 Å².